The van der Waals surface area contributed by atoms with E-state index in [0.29, 0.717) is 29.3 Å². The minimum Gasteiger partial charge on any atom is -0.488 e. The molecule has 25 heavy (non-hydrogen) atoms. The Balaban J connectivity index is 1.56. The Morgan fingerprint density at radius 2 is 1.96 bits per heavy atom. The number of amides is 1. The van der Waals surface area contributed by atoms with Crippen LogP contribution in [0.4, 0.5) is 4.39 Å². The van der Waals surface area contributed by atoms with Crippen molar-refractivity contribution in [2.24, 2.45) is 0 Å². The summed E-state index contributed by atoms with van der Waals surface area (Å²) >= 11 is 5.84. The lowest BCUT2D eigenvalue weighted by Crippen LogP contribution is -2.51. The van der Waals surface area contributed by atoms with E-state index in [1.807, 2.05) is 0 Å². The quantitative estimate of drug-likeness (QED) is 0.908. The van der Waals surface area contributed by atoms with Gasteiger partial charge < -0.3 is 14.7 Å². The summed E-state index contributed by atoms with van der Waals surface area (Å²) in [6, 6.07) is 13.1. The monoisotopic (exact) mass is 363 g/mol. The summed E-state index contributed by atoms with van der Waals surface area (Å²) in [6.07, 6.45) is -0.692. The predicted molar refractivity (Wildman–Crippen MR) is 93.2 cm³/mol. The van der Waals surface area contributed by atoms with Crippen molar-refractivity contribution >= 4 is 17.5 Å². The van der Waals surface area contributed by atoms with Crippen LogP contribution in [-0.2, 0) is 11.2 Å². The standard InChI is InChI=1S/C19H19ClFNO3/c20-14-5-7-15(8-6-14)25-18-9-10-22(12-17(18)23)19(24)11-13-3-1-2-4-16(13)21/h1-8,17-18,23H,9-12H2/t17-,18-/m1/s1. The van der Waals surface area contributed by atoms with Crippen LogP contribution in [0.2, 0.25) is 5.02 Å². The number of nitrogens with zero attached hydrogens (tertiary/aromatic N) is 1. The highest BCUT2D eigenvalue weighted by Crippen LogP contribution is 2.22. The Labute approximate surface area is 150 Å². The summed E-state index contributed by atoms with van der Waals surface area (Å²) in [6.45, 7) is 0.633. The molecule has 0 unspecified atom stereocenters. The Bertz CT molecular complexity index is 738. The average Bonchev–Trinajstić information content (AvgIpc) is 2.60. The molecule has 2 atom stereocenters. The van der Waals surface area contributed by atoms with Gasteiger partial charge in [-0.05, 0) is 35.9 Å². The van der Waals surface area contributed by atoms with Gasteiger partial charge in [-0.25, -0.2) is 4.39 Å². The van der Waals surface area contributed by atoms with Gasteiger partial charge in [0.05, 0.1) is 13.0 Å². The lowest BCUT2D eigenvalue weighted by atomic mass is 10.0. The number of β-amino-alcohol motifs (C(OH)–C–C–N with tert-alkyl or cyclic N) is 1. The number of piperidine rings is 1. The van der Waals surface area contributed by atoms with Crippen molar-refractivity contribution in [3.63, 3.8) is 0 Å². The van der Waals surface area contributed by atoms with Crippen molar-refractivity contribution in [1.82, 2.24) is 4.90 Å². The molecule has 6 heteroatoms. The van der Waals surface area contributed by atoms with Gasteiger partial charge in [0.15, 0.2) is 0 Å². The van der Waals surface area contributed by atoms with Gasteiger partial charge in [-0.3, -0.25) is 4.79 Å². The summed E-state index contributed by atoms with van der Waals surface area (Å²) < 4.78 is 19.5. The van der Waals surface area contributed by atoms with Gasteiger partial charge in [0.1, 0.15) is 23.8 Å². The average molecular weight is 364 g/mol. The maximum Gasteiger partial charge on any atom is 0.227 e. The molecule has 1 heterocycles. The Hall–Kier alpha value is -2.11. The molecule has 1 amide bonds. The van der Waals surface area contributed by atoms with Crippen LogP contribution in [0.3, 0.4) is 0 Å². The van der Waals surface area contributed by atoms with Crippen molar-refractivity contribution in [2.75, 3.05) is 13.1 Å². The van der Waals surface area contributed by atoms with Gasteiger partial charge >= 0.3 is 0 Å². The number of ether oxygens (including phenoxy) is 1. The van der Waals surface area contributed by atoms with Crippen molar-refractivity contribution in [1.29, 1.82) is 0 Å². The number of hydrogen-bond donors (Lipinski definition) is 1. The molecule has 1 saturated heterocycles. The molecule has 2 aromatic rings. The number of aliphatic hydroxyl groups is 1. The Morgan fingerprint density at radius 1 is 1.24 bits per heavy atom. The zero-order chi connectivity index (χ0) is 17.8. The number of aliphatic hydroxyl groups excluding tert-OH is 1. The molecule has 0 aromatic heterocycles. The molecule has 132 valence electrons. The fourth-order valence-electron chi connectivity index (χ4n) is 2.88. The minimum atomic E-state index is -0.797. The van der Waals surface area contributed by atoms with Crippen LogP contribution in [0.1, 0.15) is 12.0 Å². The van der Waals surface area contributed by atoms with Crippen LogP contribution in [0.5, 0.6) is 5.75 Å². The highest BCUT2D eigenvalue weighted by Gasteiger charge is 2.31. The van der Waals surface area contributed by atoms with Crippen molar-refractivity contribution < 1.29 is 19.0 Å². The molecule has 1 aliphatic heterocycles. The first-order valence-electron chi connectivity index (χ1n) is 8.14. The second kappa shape index (κ2) is 7.85. The topological polar surface area (TPSA) is 49.8 Å². The number of hydrogen-bond acceptors (Lipinski definition) is 3. The van der Waals surface area contributed by atoms with E-state index in [1.165, 1.54) is 6.07 Å². The Kier molecular flexibility index (Phi) is 5.56. The number of rotatable bonds is 4. The predicted octanol–water partition coefficient (Wildman–Crippen LogP) is 3.06. The molecule has 0 aliphatic carbocycles. The molecule has 0 radical (unpaired) electrons. The van der Waals surface area contributed by atoms with Crippen molar-refractivity contribution in [2.45, 2.75) is 25.0 Å². The van der Waals surface area contributed by atoms with Crippen LogP contribution in [0.15, 0.2) is 48.5 Å². The molecule has 0 spiro atoms. The van der Waals surface area contributed by atoms with Gasteiger partial charge in [-0.15, -0.1) is 0 Å². The number of halogens is 2. The molecule has 1 fully saturated rings. The lowest BCUT2D eigenvalue weighted by molar-refractivity contribution is -0.136. The third kappa shape index (κ3) is 4.50. The maximum atomic E-state index is 13.7. The molecular weight excluding hydrogens is 345 g/mol. The first kappa shape index (κ1) is 17.7. The van der Waals surface area contributed by atoms with Gasteiger partial charge in [0, 0.05) is 18.0 Å². The van der Waals surface area contributed by atoms with E-state index in [-0.39, 0.29) is 18.9 Å². The van der Waals surface area contributed by atoms with E-state index < -0.39 is 18.0 Å². The van der Waals surface area contributed by atoms with Gasteiger partial charge in [-0.2, -0.15) is 0 Å². The molecule has 0 saturated carbocycles. The molecule has 3 rings (SSSR count). The number of likely N-dealkylation sites (tertiary alicyclic amines) is 1. The van der Waals surface area contributed by atoms with Crippen LogP contribution in [0, 0.1) is 5.82 Å². The fourth-order valence-corrected chi connectivity index (χ4v) is 3.00. The SMILES string of the molecule is O=C(Cc1ccccc1F)N1CC[C@@H](Oc2ccc(Cl)cc2)[C@H](O)C1. The summed E-state index contributed by atoms with van der Waals surface area (Å²) in [5, 5.41) is 10.9. The first-order chi connectivity index (χ1) is 12.0. The molecule has 1 aliphatic rings. The number of benzene rings is 2. The zero-order valence-electron chi connectivity index (χ0n) is 13.6. The normalized spacial score (nSPS) is 20.4. The summed E-state index contributed by atoms with van der Waals surface area (Å²) in [7, 11) is 0. The third-order valence-electron chi connectivity index (χ3n) is 4.27. The molecule has 4 nitrogen and oxygen atoms in total. The summed E-state index contributed by atoms with van der Waals surface area (Å²) in [4.78, 5) is 13.9. The smallest absolute Gasteiger partial charge is 0.227 e. The van der Waals surface area contributed by atoms with Crippen LogP contribution < -0.4 is 4.74 Å². The highest BCUT2D eigenvalue weighted by atomic mass is 35.5. The van der Waals surface area contributed by atoms with E-state index in [2.05, 4.69) is 0 Å². The maximum absolute atomic E-state index is 13.7. The largest absolute Gasteiger partial charge is 0.488 e. The molecular formula is C19H19ClFNO3. The van der Waals surface area contributed by atoms with Gasteiger partial charge in [-0.1, -0.05) is 29.8 Å². The fraction of sp³-hybridized carbons (Fsp3) is 0.316. The number of carbonyl (C=O) groups excluding carboxylic acids is 1. The molecule has 2 aromatic carbocycles. The van der Waals surface area contributed by atoms with E-state index in [9.17, 15) is 14.3 Å². The van der Waals surface area contributed by atoms with E-state index >= 15 is 0 Å². The van der Waals surface area contributed by atoms with Crippen LogP contribution in [-0.4, -0.2) is 41.2 Å². The second-order valence-electron chi connectivity index (χ2n) is 6.07. The lowest BCUT2D eigenvalue weighted by Gasteiger charge is -2.36. The number of carbonyl (C=O) groups is 1. The van der Waals surface area contributed by atoms with Crippen LogP contribution in [0.25, 0.3) is 0 Å². The summed E-state index contributed by atoms with van der Waals surface area (Å²) in [5.74, 6) is 0.0334. The van der Waals surface area contributed by atoms with E-state index in [0.717, 1.165) is 0 Å². The first-order valence-corrected chi connectivity index (χ1v) is 8.52. The summed E-state index contributed by atoms with van der Waals surface area (Å²) in [5.41, 5.74) is 0.363. The van der Waals surface area contributed by atoms with Crippen LogP contribution >= 0.6 is 11.6 Å². The Morgan fingerprint density at radius 3 is 2.64 bits per heavy atom. The van der Waals surface area contributed by atoms with E-state index in [1.54, 1.807) is 47.4 Å². The van der Waals surface area contributed by atoms with Gasteiger partial charge in [0.2, 0.25) is 5.91 Å². The second-order valence-corrected chi connectivity index (χ2v) is 6.51. The van der Waals surface area contributed by atoms with E-state index in [4.69, 9.17) is 16.3 Å². The highest BCUT2D eigenvalue weighted by molar-refractivity contribution is 6.30. The minimum absolute atomic E-state index is 0.0118. The van der Waals surface area contributed by atoms with Crippen molar-refractivity contribution in [3.8, 4) is 5.75 Å². The van der Waals surface area contributed by atoms with Gasteiger partial charge in [0.25, 0.3) is 0 Å². The molecule has 1 N–H and O–H groups in total. The third-order valence-corrected chi connectivity index (χ3v) is 4.53. The van der Waals surface area contributed by atoms with Crippen molar-refractivity contribution in [3.05, 3.63) is 64.9 Å². The molecule has 0 bridgehead atoms. The zero-order valence-corrected chi connectivity index (χ0v) is 14.3.